The van der Waals surface area contributed by atoms with Crippen molar-refractivity contribution in [2.75, 3.05) is 14.2 Å². The van der Waals surface area contributed by atoms with E-state index < -0.39 is 5.41 Å². The van der Waals surface area contributed by atoms with Gasteiger partial charge in [-0.3, -0.25) is 14.4 Å². The molecule has 0 heterocycles. The highest BCUT2D eigenvalue weighted by atomic mass is 16.5. The molecule has 154 valence electrons. The molecule has 2 fully saturated rings. The zero-order valence-electron chi connectivity index (χ0n) is 17.8. The van der Waals surface area contributed by atoms with Crippen LogP contribution in [0.3, 0.4) is 0 Å². The first kappa shape index (κ1) is 21.9. The lowest BCUT2D eigenvalue weighted by molar-refractivity contribution is -0.179. The van der Waals surface area contributed by atoms with Crippen molar-refractivity contribution in [2.24, 2.45) is 34.5 Å². The van der Waals surface area contributed by atoms with Gasteiger partial charge < -0.3 is 9.47 Å². The molecule has 2 aliphatic carbocycles. The summed E-state index contributed by atoms with van der Waals surface area (Å²) in [7, 11) is 2.89. The molecule has 5 atom stereocenters. The number of fused-ring (bicyclic) bond motifs is 1. The summed E-state index contributed by atoms with van der Waals surface area (Å²) in [5.74, 6) is -0.0801. The highest BCUT2D eigenvalue weighted by Crippen LogP contribution is 2.62. The van der Waals surface area contributed by atoms with Crippen molar-refractivity contribution in [2.45, 2.75) is 72.6 Å². The first-order chi connectivity index (χ1) is 12.6. The van der Waals surface area contributed by atoms with Gasteiger partial charge in [0.05, 0.1) is 25.6 Å². The molecule has 0 bridgehead atoms. The molecule has 0 amide bonds. The molecule has 5 nitrogen and oxygen atoms in total. The fourth-order valence-electron chi connectivity index (χ4n) is 6.04. The molecular formula is C22H36O5. The molecule has 0 radical (unpaired) electrons. The zero-order valence-corrected chi connectivity index (χ0v) is 17.8. The Bertz CT molecular complexity index is 583. The molecule has 0 spiro atoms. The average molecular weight is 381 g/mol. The van der Waals surface area contributed by atoms with Gasteiger partial charge in [0, 0.05) is 12.3 Å². The van der Waals surface area contributed by atoms with Gasteiger partial charge in [0.15, 0.2) is 0 Å². The largest absolute Gasteiger partial charge is 0.469 e. The van der Waals surface area contributed by atoms with Gasteiger partial charge >= 0.3 is 11.9 Å². The number of hydrogen-bond acceptors (Lipinski definition) is 5. The van der Waals surface area contributed by atoms with Crippen molar-refractivity contribution < 1.29 is 23.9 Å². The van der Waals surface area contributed by atoms with E-state index in [1.807, 2.05) is 20.8 Å². The van der Waals surface area contributed by atoms with Gasteiger partial charge in [-0.05, 0) is 56.3 Å². The Morgan fingerprint density at radius 2 is 1.70 bits per heavy atom. The highest BCUT2D eigenvalue weighted by Gasteiger charge is 2.60. The molecule has 0 saturated heterocycles. The summed E-state index contributed by atoms with van der Waals surface area (Å²) in [6.45, 7) is 8.08. The number of methoxy groups -OCH3 is 2. The van der Waals surface area contributed by atoms with Crippen LogP contribution in [0.5, 0.6) is 0 Å². The first-order valence-electron chi connectivity index (χ1n) is 10.3. The van der Waals surface area contributed by atoms with Crippen molar-refractivity contribution in [3.05, 3.63) is 0 Å². The van der Waals surface area contributed by atoms with Crippen LogP contribution in [-0.2, 0) is 23.9 Å². The Morgan fingerprint density at radius 3 is 2.26 bits per heavy atom. The highest BCUT2D eigenvalue weighted by molar-refractivity contribution is 5.80. The van der Waals surface area contributed by atoms with E-state index in [1.54, 1.807) is 0 Å². The Labute approximate surface area is 163 Å². The SMILES string of the molecule is COC(=O)[C@@H]1CC[C@@H]2[C@](C)(CCC[C@@]2(C)C(=O)OC)[C@H]1CCC(=O)C(C)C. The van der Waals surface area contributed by atoms with Gasteiger partial charge in [0.1, 0.15) is 5.78 Å². The van der Waals surface area contributed by atoms with Crippen LogP contribution in [0.1, 0.15) is 72.6 Å². The summed E-state index contributed by atoms with van der Waals surface area (Å²) in [6, 6.07) is 0. The summed E-state index contributed by atoms with van der Waals surface area (Å²) in [4.78, 5) is 37.5. The van der Waals surface area contributed by atoms with E-state index in [4.69, 9.17) is 9.47 Å². The lowest BCUT2D eigenvalue weighted by Gasteiger charge is -2.58. The third-order valence-corrected chi connectivity index (χ3v) is 7.58. The molecule has 27 heavy (non-hydrogen) atoms. The second-order valence-corrected chi connectivity index (χ2v) is 9.29. The van der Waals surface area contributed by atoms with Crippen LogP contribution in [0.2, 0.25) is 0 Å². The maximum atomic E-state index is 12.7. The molecule has 0 aromatic rings. The van der Waals surface area contributed by atoms with E-state index in [0.717, 1.165) is 25.7 Å². The average Bonchev–Trinajstić information content (AvgIpc) is 2.64. The van der Waals surface area contributed by atoms with E-state index in [9.17, 15) is 14.4 Å². The van der Waals surface area contributed by atoms with Gasteiger partial charge in [-0.2, -0.15) is 0 Å². The third kappa shape index (κ3) is 3.93. The third-order valence-electron chi connectivity index (χ3n) is 7.58. The van der Waals surface area contributed by atoms with Crippen molar-refractivity contribution in [1.29, 1.82) is 0 Å². The minimum absolute atomic E-state index is 0.000427. The predicted molar refractivity (Wildman–Crippen MR) is 103 cm³/mol. The van der Waals surface area contributed by atoms with E-state index in [0.29, 0.717) is 19.3 Å². The summed E-state index contributed by atoms with van der Waals surface area (Å²) in [6.07, 6.45) is 5.41. The molecule has 0 aromatic carbocycles. The summed E-state index contributed by atoms with van der Waals surface area (Å²) >= 11 is 0. The van der Waals surface area contributed by atoms with Gasteiger partial charge in [-0.15, -0.1) is 0 Å². The summed E-state index contributed by atoms with van der Waals surface area (Å²) in [5, 5.41) is 0. The quantitative estimate of drug-likeness (QED) is 0.647. The van der Waals surface area contributed by atoms with Gasteiger partial charge in [-0.25, -0.2) is 0 Å². The molecule has 2 rings (SSSR count). The normalized spacial score (nSPS) is 36.0. The number of ether oxygens (including phenoxy) is 2. The standard InChI is InChI=1S/C22H36O5/c1-14(2)17(23)10-9-16-15(19(24)26-5)8-11-18-21(16,3)12-7-13-22(18,4)20(25)27-6/h14-16,18H,7-13H2,1-6H3/t15-,16+,18-,21-,22-/m1/s1. The van der Waals surface area contributed by atoms with Gasteiger partial charge in [0.25, 0.3) is 0 Å². The monoisotopic (exact) mass is 380 g/mol. The number of ketones is 1. The number of carbonyl (C=O) groups excluding carboxylic acids is 3. The summed E-state index contributed by atoms with van der Waals surface area (Å²) in [5.41, 5.74) is -0.696. The second-order valence-electron chi connectivity index (χ2n) is 9.29. The Morgan fingerprint density at radius 1 is 1.04 bits per heavy atom. The second kappa shape index (κ2) is 8.32. The van der Waals surface area contributed by atoms with Crippen molar-refractivity contribution in [1.82, 2.24) is 0 Å². The Balaban J connectivity index is 2.37. The van der Waals surface area contributed by atoms with Crippen molar-refractivity contribution >= 4 is 17.7 Å². The number of hydrogen-bond donors (Lipinski definition) is 0. The fourth-order valence-corrected chi connectivity index (χ4v) is 6.04. The summed E-state index contributed by atoms with van der Waals surface area (Å²) < 4.78 is 10.3. The van der Waals surface area contributed by atoms with Gasteiger partial charge in [0.2, 0.25) is 0 Å². The molecule has 2 saturated carbocycles. The molecule has 0 aliphatic heterocycles. The smallest absolute Gasteiger partial charge is 0.311 e. The number of esters is 2. The molecule has 0 unspecified atom stereocenters. The molecule has 2 aliphatic rings. The van der Waals surface area contributed by atoms with E-state index in [1.165, 1.54) is 14.2 Å². The van der Waals surface area contributed by atoms with Crippen molar-refractivity contribution in [3.8, 4) is 0 Å². The number of carbonyl (C=O) groups is 3. The minimum atomic E-state index is -0.525. The Kier molecular flexibility index (Phi) is 6.75. The first-order valence-corrected chi connectivity index (χ1v) is 10.3. The lowest BCUT2D eigenvalue weighted by atomic mass is 9.45. The van der Waals surface area contributed by atoms with E-state index in [-0.39, 0.29) is 46.8 Å². The van der Waals surface area contributed by atoms with Crippen LogP contribution in [0, 0.1) is 34.5 Å². The van der Waals surface area contributed by atoms with Crippen LogP contribution in [0.15, 0.2) is 0 Å². The van der Waals surface area contributed by atoms with E-state index >= 15 is 0 Å². The molecule has 5 heteroatoms. The van der Waals surface area contributed by atoms with E-state index in [2.05, 4.69) is 6.92 Å². The van der Waals surface area contributed by atoms with Gasteiger partial charge in [-0.1, -0.05) is 27.2 Å². The van der Waals surface area contributed by atoms with Crippen LogP contribution < -0.4 is 0 Å². The molecule has 0 aromatic heterocycles. The lowest BCUT2D eigenvalue weighted by Crippen LogP contribution is -2.56. The van der Waals surface area contributed by atoms with Crippen LogP contribution in [0.25, 0.3) is 0 Å². The topological polar surface area (TPSA) is 69.7 Å². The zero-order chi connectivity index (χ0) is 20.4. The fraction of sp³-hybridized carbons (Fsp3) is 0.864. The Hall–Kier alpha value is -1.39. The predicted octanol–water partition coefficient (Wildman–Crippen LogP) is 4.18. The molecule has 0 N–H and O–H groups in total. The number of Topliss-reactive ketones (excluding diaryl/α,β-unsaturated/α-hetero) is 1. The molecular weight excluding hydrogens is 344 g/mol. The minimum Gasteiger partial charge on any atom is -0.469 e. The van der Waals surface area contributed by atoms with Crippen LogP contribution >= 0.6 is 0 Å². The van der Waals surface area contributed by atoms with Crippen LogP contribution in [-0.4, -0.2) is 31.9 Å². The maximum Gasteiger partial charge on any atom is 0.311 e. The number of rotatable bonds is 6. The maximum absolute atomic E-state index is 12.7. The van der Waals surface area contributed by atoms with Crippen molar-refractivity contribution in [3.63, 3.8) is 0 Å². The van der Waals surface area contributed by atoms with Crippen LogP contribution in [0.4, 0.5) is 0 Å².